The lowest BCUT2D eigenvalue weighted by Crippen LogP contribution is -2.38. The van der Waals surface area contributed by atoms with Crippen molar-refractivity contribution < 1.29 is 18.9 Å². The molecule has 1 aromatic carbocycles. The number of methoxy groups -OCH3 is 1. The molecule has 1 fully saturated rings. The van der Waals surface area contributed by atoms with Gasteiger partial charge in [-0.15, -0.1) is 11.3 Å². The number of hydrogen-bond acceptors (Lipinski definition) is 7. The van der Waals surface area contributed by atoms with Gasteiger partial charge in [-0.2, -0.15) is 0 Å². The first-order valence-corrected chi connectivity index (χ1v) is 11.0. The van der Waals surface area contributed by atoms with Gasteiger partial charge in [0.2, 0.25) is 0 Å². The second-order valence-corrected chi connectivity index (χ2v) is 8.46. The fraction of sp³-hybridized carbons (Fsp3) is 0.409. The molecule has 8 heteroatoms. The van der Waals surface area contributed by atoms with E-state index in [4.69, 9.17) is 14.1 Å². The molecule has 158 valence electrons. The molecule has 0 saturated heterocycles. The largest absolute Gasteiger partial charge is 0.493 e. The van der Waals surface area contributed by atoms with Gasteiger partial charge in [0.1, 0.15) is 12.3 Å². The van der Waals surface area contributed by atoms with Gasteiger partial charge in [-0.3, -0.25) is 4.79 Å². The molecule has 0 aliphatic heterocycles. The summed E-state index contributed by atoms with van der Waals surface area (Å²) in [5.74, 6) is 1.20. The summed E-state index contributed by atoms with van der Waals surface area (Å²) in [6.45, 7) is 2.68. The van der Waals surface area contributed by atoms with Crippen LogP contribution in [0, 0.1) is 6.92 Å². The number of aryl methyl sites for hydroxylation is 1. The highest BCUT2D eigenvalue weighted by Crippen LogP contribution is 2.32. The maximum absolute atomic E-state index is 13.2. The van der Waals surface area contributed by atoms with Crippen molar-refractivity contribution >= 4 is 17.2 Å². The Kier molecular flexibility index (Phi) is 6.32. The monoisotopic (exact) mass is 427 g/mol. The quantitative estimate of drug-likeness (QED) is 0.522. The van der Waals surface area contributed by atoms with Crippen molar-refractivity contribution in [2.75, 3.05) is 7.11 Å². The Morgan fingerprint density at radius 3 is 2.73 bits per heavy atom. The number of carbonyl (C=O) groups is 1. The highest BCUT2D eigenvalue weighted by Gasteiger charge is 2.30. The van der Waals surface area contributed by atoms with Gasteiger partial charge in [-0.1, -0.05) is 30.1 Å². The van der Waals surface area contributed by atoms with E-state index in [-0.39, 0.29) is 17.6 Å². The van der Waals surface area contributed by atoms with E-state index in [2.05, 4.69) is 10.3 Å². The first-order valence-electron chi connectivity index (χ1n) is 10.1. The molecule has 7 nitrogen and oxygen atoms in total. The highest BCUT2D eigenvalue weighted by atomic mass is 32.1. The number of thiophene rings is 1. The number of hydrogen-bond donors (Lipinski definition) is 0. The van der Waals surface area contributed by atoms with Crippen LogP contribution < -0.4 is 9.47 Å². The van der Waals surface area contributed by atoms with E-state index in [9.17, 15) is 4.79 Å². The normalized spacial score (nSPS) is 14.1. The summed E-state index contributed by atoms with van der Waals surface area (Å²) < 4.78 is 16.2. The van der Waals surface area contributed by atoms with Gasteiger partial charge in [-0.25, -0.2) is 4.63 Å². The zero-order valence-corrected chi connectivity index (χ0v) is 18.0. The summed E-state index contributed by atoms with van der Waals surface area (Å²) in [5.41, 5.74) is 1.77. The maximum Gasteiger partial charge on any atom is 0.278 e. The second-order valence-electron chi connectivity index (χ2n) is 7.42. The molecular formula is C22H25N3O4S. The maximum atomic E-state index is 13.2. The summed E-state index contributed by atoms with van der Waals surface area (Å²) in [4.78, 5) is 16.2. The number of ether oxygens (including phenoxy) is 2. The van der Waals surface area contributed by atoms with Crippen LogP contribution in [0.4, 0.5) is 0 Å². The van der Waals surface area contributed by atoms with Crippen LogP contribution in [0.25, 0.3) is 0 Å². The van der Waals surface area contributed by atoms with Gasteiger partial charge in [0.15, 0.2) is 17.2 Å². The molecule has 4 rings (SSSR count). The third kappa shape index (κ3) is 4.48. The minimum absolute atomic E-state index is 0.141. The number of benzene rings is 1. The van der Waals surface area contributed by atoms with Crippen LogP contribution in [0.15, 0.2) is 40.3 Å². The summed E-state index contributed by atoms with van der Waals surface area (Å²) in [6, 6.07) is 10.0. The van der Waals surface area contributed by atoms with E-state index in [1.807, 2.05) is 40.6 Å². The molecule has 1 aliphatic rings. The predicted molar refractivity (Wildman–Crippen MR) is 113 cm³/mol. The molecule has 2 heterocycles. The molecular weight excluding hydrogens is 402 g/mol. The Morgan fingerprint density at radius 1 is 1.23 bits per heavy atom. The molecule has 1 saturated carbocycles. The molecule has 2 aromatic heterocycles. The summed E-state index contributed by atoms with van der Waals surface area (Å²) in [5, 5.41) is 9.63. The lowest BCUT2D eigenvalue weighted by Gasteiger charge is -2.28. The molecule has 0 unspecified atom stereocenters. The van der Waals surface area contributed by atoms with Gasteiger partial charge in [0, 0.05) is 17.5 Å². The SMILES string of the molecule is COc1ccc(CN(C(=O)c2nonc2C)C2CCCC2)cc1OCc1cccs1. The van der Waals surface area contributed by atoms with E-state index >= 15 is 0 Å². The highest BCUT2D eigenvalue weighted by molar-refractivity contribution is 7.09. The summed E-state index contributed by atoms with van der Waals surface area (Å²) >= 11 is 1.65. The van der Waals surface area contributed by atoms with Gasteiger partial charge in [-0.05, 0) is 54.1 Å². The Balaban J connectivity index is 1.56. The van der Waals surface area contributed by atoms with Crippen molar-refractivity contribution in [1.82, 2.24) is 15.2 Å². The predicted octanol–water partition coefficient (Wildman–Crippen LogP) is 4.61. The lowest BCUT2D eigenvalue weighted by atomic mass is 10.1. The average Bonchev–Trinajstić information content (AvgIpc) is 3.53. The number of aromatic nitrogens is 2. The van der Waals surface area contributed by atoms with Gasteiger partial charge in [0.05, 0.1) is 7.11 Å². The molecule has 0 radical (unpaired) electrons. The Bertz CT molecular complexity index is 980. The summed E-state index contributed by atoms with van der Waals surface area (Å²) in [6.07, 6.45) is 4.24. The van der Waals surface area contributed by atoms with E-state index in [1.54, 1.807) is 25.4 Å². The van der Waals surface area contributed by atoms with Crippen LogP contribution in [0.5, 0.6) is 11.5 Å². The number of amides is 1. The molecule has 0 N–H and O–H groups in total. The van der Waals surface area contributed by atoms with Crippen molar-refractivity contribution in [3.63, 3.8) is 0 Å². The average molecular weight is 428 g/mol. The fourth-order valence-electron chi connectivity index (χ4n) is 3.82. The zero-order valence-electron chi connectivity index (χ0n) is 17.2. The molecule has 0 spiro atoms. The topological polar surface area (TPSA) is 77.7 Å². The molecule has 3 aromatic rings. The zero-order chi connectivity index (χ0) is 20.9. The van der Waals surface area contributed by atoms with Crippen molar-refractivity contribution in [3.05, 3.63) is 57.5 Å². The van der Waals surface area contributed by atoms with Crippen LogP contribution in [-0.4, -0.2) is 34.3 Å². The molecule has 0 bridgehead atoms. The summed E-state index contributed by atoms with van der Waals surface area (Å²) in [7, 11) is 1.63. The van der Waals surface area contributed by atoms with Crippen molar-refractivity contribution in [2.24, 2.45) is 0 Å². The number of carbonyl (C=O) groups excluding carboxylic acids is 1. The van der Waals surface area contributed by atoms with E-state index in [1.165, 1.54) is 0 Å². The molecule has 0 atom stereocenters. The Morgan fingerprint density at radius 2 is 2.07 bits per heavy atom. The van der Waals surface area contributed by atoms with E-state index < -0.39 is 0 Å². The first-order chi connectivity index (χ1) is 14.7. The van der Waals surface area contributed by atoms with Crippen LogP contribution in [0.1, 0.15) is 52.3 Å². The van der Waals surface area contributed by atoms with Gasteiger partial charge < -0.3 is 14.4 Å². The smallest absolute Gasteiger partial charge is 0.278 e. The van der Waals surface area contributed by atoms with Gasteiger partial charge >= 0.3 is 0 Å². The van der Waals surface area contributed by atoms with Crippen LogP contribution in [0.3, 0.4) is 0 Å². The van der Waals surface area contributed by atoms with Crippen LogP contribution >= 0.6 is 11.3 Å². The fourth-order valence-corrected chi connectivity index (χ4v) is 4.43. The number of rotatable bonds is 8. The van der Waals surface area contributed by atoms with Crippen molar-refractivity contribution in [3.8, 4) is 11.5 Å². The van der Waals surface area contributed by atoms with Crippen molar-refractivity contribution in [2.45, 2.75) is 51.8 Å². The molecule has 1 amide bonds. The first kappa shape index (κ1) is 20.4. The minimum atomic E-state index is -0.141. The molecule has 1 aliphatic carbocycles. The van der Waals surface area contributed by atoms with Crippen molar-refractivity contribution in [1.29, 1.82) is 0 Å². The van der Waals surface area contributed by atoms with Crippen LogP contribution in [-0.2, 0) is 13.2 Å². The third-order valence-corrected chi connectivity index (χ3v) is 6.26. The molecule has 30 heavy (non-hydrogen) atoms. The van der Waals surface area contributed by atoms with Gasteiger partial charge in [0.25, 0.3) is 5.91 Å². The minimum Gasteiger partial charge on any atom is -0.493 e. The Labute approximate surface area is 179 Å². The standard InChI is InChI=1S/C22H25N3O4S/c1-15-21(24-29-23-15)22(26)25(17-6-3-4-7-17)13-16-9-10-19(27-2)20(12-16)28-14-18-8-5-11-30-18/h5,8-12,17H,3-4,6-7,13-14H2,1-2H3. The van der Waals surface area contributed by atoms with E-state index in [0.717, 1.165) is 36.1 Å². The Hall–Kier alpha value is -2.87. The van der Waals surface area contributed by atoms with E-state index in [0.29, 0.717) is 30.3 Å². The third-order valence-electron chi connectivity index (χ3n) is 5.41. The second kappa shape index (κ2) is 9.30. The lowest BCUT2D eigenvalue weighted by molar-refractivity contribution is 0.0652. The van der Waals surface area contributed by atoms with Crippen LogP contribution in [0.2, 0.25) is 0 Å². The number of nitrogens with zero attached hydrogens (tertiary/aromatic N) is 3.